The summed E-state index contributed by atoms with van der Waals surface area (Å²) in [7, 11) is 1.62. The Morgan fingerprint density at radius 2 is 1.81 bits per heavy atom. The molecule has 0 aromatic heterocycles. The summed E-state index contributed by atoms with van der Waals surface area (Å²) < 4.78 is 15.1. The maximum absolute atomic E-state index is 9.60. The van der Waals surface area contributed by atoms with Crippen molar-refractivity contribution in [3.8, 4) is 11.5 Å². The van der Waals surface area contributed by atoms with Gasteiger partial charge in [-0.25, -0.2) is 0 Å². The molecule has 1 aromatic carbocycles. The van der Waals surface area contributed by atoms with Crippen LogP contribution >= 0.6 is 0 Å². The van der Waals surface area contributed by atoms with Crippen LogP contribution in [0.25, 0.3) is 0 Å². The zero-order chi connectivity index (χ0) is 16.3. The van der Waals surface area contributed by atoms with Gasteiger partial charge in [-0.05, 0) is 27.2 Å². The minimum absolute atomic E-state index is 0.318. The van der Waals surface area contributed by atoms with Gasteiger partial charge in [0.25, 0.3) is 6.47 Å². The van der Waals surface area contributed by atoms with Crippen molar-refractivity contribution in [1.82, 2.24) is 0 Å². The van der Waals surface area contributed by atoms with Crippen LogP contribution in [-0.2, 0) is 9.53 Å². The largest absolute Gasteiger partial charge is 0.497 e. The minimum Gasteiger partial charge on any atom is -0.497 e. The number of hydrogen-bond donors (Lipinski definition) is 1. The average Bonchev–Trinajstić information content (AvgIpc) is 2.37. The molecule has 0 aliphatic carbocycles. The maximum Gasteiger partial charge on any atom is 0.293 e. The Morgan fingerprint density at radius 1 is 1.19 bits per heavy atom. The Bertz CT molecular complexity index is 413. The highest BCUT2D eigenvalue weighted by atomic mass is 16.5. The van der Waals surface area contributed by atoms with Crippen molar-refractivity contribution < 1.29 is 19.0 Å². The number of methoxy groups -OCH3 is 1. The zero-order valence-corrected chi connectivity index (χ0v) is 13.6. The number of carbonyl (C=O) groups excluding carboxylic acids is 1. The number of nitrogens with two attached hydrogens (primary N) is 1. The molecule has 0 radical (unpaired) electrons. The number of benzene rings is 1. The fourth-order valence-corrected chi connectivity index (χ4v) is 1.27. The van der Waals surface area contributed by atoms with Gasteiger partial charge in [0.05, 0.1) is 13.7 Å². The van der Waals surface area contributed by atoms with E-state index in [1.54, 1.807) is 19.2 Å². The van der Waals surface area contributed by atoms with Crippen molar-refractivity contribution in [3.05, 3.63) is 18.2 Å². The molecule has 0 unspecified atom stereocenters. The molecule has 1 aromatic rings. The molecule has 0 fully saturated rings. The molecule has 0 amide bonds. The topological polar surface area (TPSA) is 70.8 Å². The molecule has 1 rings (SSSR count). The Balaban J connectivity index is 0.000000486. The summed E-state index contributed by atoms with van der Waals surface area (Å²) in [5, 5.41) is 0. The van der Waals surface area contributed by atoms with Crippen LogP contribution in [0.2, 0.25) is 0 Å². The van der Waals surface area contributed by atoms with Gasteiger partial charge in [0, 0.05) is 23.9 Å². The minimum atomic E-state index is -0.318. The van der Waals surface area contributed by atoms with Gasteiger partial charge in [-0.3, -0.25) is 4.79 Å². The van der Waals surface area contributed by atoms with E-state index in [4.69, 9.17) is 15.2 Å². The molecule has 0 aliphatic heterocycles. The van der Waals surface area contributed by atoms with Crippen LogP contribution in [-0.4, -0.2) is 25.8 Å². The van der Waals surface area contributed by atoms with Crippen molar-refractivity contribution in [3.63, 3.8) is 0 Å². The quantitative estimate of drug-likeness (QED) is 0.495. The fourth-order valence-electron chi connectivity index (χ4n) is 1.27. The van der Waals surface area contributed by atoms with Crippen LogP contribution < -0.4 is 15.2 Å². The third-order valence-corrected chi connectivity index (χ3v) is 2.31. The lowest BCUT2D eigenvalue weighted by molar-refractivity contribution is -0.138. The zero-order valence-electron chi connectivity index (χ0n) is 13.6. The Hall–Kier alpha value is -1.91. The van der Waals surface area contributed by atoms with Crippen LogP contribution in [0.4, 0.5) is 5.69 Å². The average molecular weight is 297 g/mol. The van der Waals surface area contributed by atoms with Crippen LogP contribution in [0.3, 0.4) is 0 Å². The first-order chi connectivity index (χ1) is 9.82. The van der Waals surface area contributed by atoms with Crippen molar-refractivity contribution in [1.29, 1.82) is 0 Å². The lowest BCUT2D eigenvalue weighted by atomic mass is 10.2. The fraction of sp³-hybridized carbons (Fsp3) is 0.562. The molecule has 0 heterocycles. The first kappa shape index (κ1) is 19.1. The lowest BCUT2D eigenvalue weighted by Gasteiger charge is -2.14. The van der Waals surface area contributed by atoms with E-state index >= 15 is 0 Å². The van der Waals surface area contributed by atoms with Crippen molar-refractivity contribution in [2.45, 2.75) is 46.1 Å². The molecule has 21 heavy (non-hydrogen) atoms. The van der Waals surface area contributed by atoms with Crippen molar-refractivity contribution in [2.75, 3.05) is 19.5 Å². The van der Waals surface area contributed by atoms with Gasteiger partial charge < -0.3 is 19.9 Å². The molecular weight excluding hydrogens is 270 g/mol. The van der Waals surface area contributed by atoms with Gasteiger partial charge in [0.15, 0.2) is 0 Å². The smallest absolute Gasteiger partial charge is 0.293 e. The van der Waals surface area contributed by atoms with E-state index < -0.39 is 0 Å². The van der Waals surface area contributed by atoms with E-state index in [0.29, 0.717) is 12.2 Å². The molecule has 0 spiro atoms. The maximum atomic E-state index is 9.60. The summed E-state index contributed by atoms with van der Waals surface area (Å²) in [5.74, 6) is 1.51. The van der Waals surface area contributed by atoms with E-state index in [2.05, 4.69) is 11.7 Å². The van der Waals surface area contributed by atoms with Gasteiger partial charge >= 0.3 is 0 Å². The SMILES string of the molecule is CC(C)(C)OC=O.CCCCOc1cc(N)cc(OC)c1. The Morgan fingerprint density at radius 3 is 2.24 bits per heavy atom. The molecule has 5 heteroatoms. The number of hydrogen-bond acceptors (Lipinski definition) is 5. The Kier molecular flexibility index (Phi) is 9.01. The number of anilines is 1. The summed E-state index contributed by atoms with van der Waals surface area (Å²) >= 11 is 0. The van der Waals surface area contributed by atoms with E-state index in [1.807, 2.05) is 26.8 Å². The van der Waals surface area contributed by atoms with Gasteiger partial charge in [-0.2, -0.15) is 0 Å². The summed E-state index contributed by atoms with van der Waals surface area (Å²) in [6, 6.07) is 5.41. The highest BCUT2D eigenvalue weighted by Gasteiger charge is 2.07. The highest BCUT2D eigenvalue weighted by Crippen LogP contribution is 2.24. The Labute approximate surface area is 127 Å². The summed E-state index contributed by atoms with van der Waals surface area (Å²) in [5.41, 5.74) is 6.02. The van der Waals surface area contributed by atoms with Gasteiger partial charge in [0.2, 0.25) is 0 Å². The summed E-state index contributed by atoms with van der Waals surface area (Å²) in [6.07, 6.45) is 2.18. The molecule has 120 valence electrons. The van der Waals surface area contributed by atoms with Crippen molar-refractivity contribution in [2.24, 2.45) is 0 Å². The monoisotopic (exact) mass is 297 g/mol. The van der Waals surface area contributed by atoms with Gasteiger partial charge in [-0.15, -0.1) is 0 Å². The third-order valence-electron chi connectivity index (χ3n) is 2.31. The second kappa shape index (κ2) is 9.91. The summed E-state index contributed by atoms with van der Waals surface area (Å²) in [6.45, 7) is 8.77. The third kappa shape index (κ3) is 10.5. The van der Waals surface area contributed by atoms with E-state index in [0.717, 1.165) is 30.9 Å². The highest BCUT2D eigenvalue weighted by molar-refractivity contribution is 5.50. The first-order valence-corrected chi connectivity index (χ1v) is 7.01. The van der Waals surface area contributed by atoms with Crippen LogP contribution in [0.15, 0.2) is 18.2 Å². The van der Waals surface area contributed by atoms with Gasteiger partial charge in [0.1, 0.15) is 17.1 Å². The number of ether oxygens (including phenoxy) is 3. The van der Waals surface area contributed by atoms with Crippen LogP contribution in [0.5, 0.6) is 11.5 Å². The molecule has 0 atom stereocenters. The van der Waals surface area contributed by atoms with Crippen LogP contribution in [0, 0.1) is 0 Å². The second-order valence-electron chi connectivity index (χ2n) is 5.47. The number of rotatable bonds is 6. The molecule has 0 aliphatic rings. The predicted molar refractivity (Wildman–Crippen MR) is 84.7 cm³/mol. The number of unbranched alkanes of at least 4 members (excludes halogenated alkanes) is 1. The molecule has 0 saturated heterocycles. The molecule has 2 N–H and O–H groups in total. The summed E-state index contributed by atoms with van der Waals surface area (Å²) in [4.78, 5) is 9.60. The van der Waals surface area contributed by atoms with Crippen molar-refractivity contribution >= 4 is 12.2 Å². The number of nitrogen functional groups attached to an aromatic ring is 1. The van der Waals surface area contributed by atoms with E-state index in [-0.39, 0.29) is 5.60 Å². The molecule has 0 bridgehead atoms. The van der Waals surface area contributed by atoms with E-state index in [1.165, 1.54) is 0 Å². The van der Waals surface area contributed by atoms with Gasteiger partial charge in [-0.1, -0.05) is 13.3 Å². The van der Waals surface area contributed by atoms with Crippen LogP contribution in [0.1, 0.15) is 40.5 Å². The molecule has 5 nitrogen and oxygen atoms in total. The lowest BCUT2D eigenvalue weighted by Crippen LogP contribution is -2.17. The molecule has 0 saturated carbocycles. The predicted octanol–water partition coefficient (Wildman–Crippen LogP) is 3.41. The molecular formula is C16H27NO4. The second-order valence-corrected chi connectivity index (χ2v) is 5.47. The van der Waals surface area contributed by atoms with E-state index in [9.17, 15) is 4.79 Å². The normalized spacial score (nSPS) is 10.1. The number of carbonyl (C=O) groups is 1. The standard InChI is InChI=1S/C11H17NO2.C5H10O2/c1-3-4-5-14-11-7-9(12)6-10(8-11)13-2;1-5(2,3)7-4-6/h6-8H,3-5,12H2,1-2H3;4H,1-3H3. The first-order valence-electron chi connectivity index (χ1n) is 7.01.